The number of hydrogen-bond acceptors (Lipinski definition) is 5. The molecule has 34 heavy (non-hydrogen) atoms. The summed E-state index contributed by atoms with van der Waals surface area (Å²) in [5.41, 5.74) is 2.02. The topological polar surface area (TPSA) is 86.2 Å². The summed E-state index contributed by atoms with van der Waals surface area (Å²) in [5, 5.41) is 2.64. The van der Waals surface area contributed by atoms with Crippen LogP contribution < -0.4 is 5.32 Å². The van der Waals surface area contributed by atoms with Crippen LogP contribution in [0.15, 0.2) is 4.99 Å². The Bertz CT molecular complexity index is 799. The average Bonchev–Trinajstić information content (AvgIpc) is 2.51. The second-order valence-corrected chi connectivity index (χ2v) is 22.6. The first-order chi connectivity index (χ1) is 14.9. The summed E-state index contributed by atoms with van der Waals surface area (Å²) in [6.45, 7) is 28.1. The summed E-state index contributed by atoms with van der Waals surface area (Å²) in [6.07, 6.45) is -1.03. The van der Waals surface area contributed by atoms with Crippen LogP contribution in [0.25, 0.3) is 0 Å². The Morgan fingerprint density at radius 3 is 1.79 bits per heavy atom. The summed E-state index contributed by atoms with van der Waals surface area (Å²) >= 11 is 0. The molecule has 0 aliphatic carbocycles. The largest absolute Gasteiger partial charge is 0.444 e. The van der Waals surface area contributed by atoms with E-state index in [-0.39, 0.29) is 23.4 Å². The molecule has 0 aliphatic rings. The van der Waals surface area contributed by atoms with Crippen LogP contribution >= 0.6 is 0 Å². The van der Waals surface area contributed by atoms with Gasteiger partial charge < -0.3 is 13.9 Å². The number of aliphatic imine (C=N–C) groups is 1. The lowest BCUT2D eigenvalue weighted by Crippen LogP contribution is -2.44. The second kappa shape index (κ2) is 11.9. The molecule has 0 spiro atoms. The smallest absolute Gasteiger partial charge is 0.435 e. The number of ether oxygens (including phenoxy) is 2. The fourth-order valence-corrected chi connectivity index (χ4v) is 4.06. The fraction of sp³-hybridized carbons (Fsp3) is 0.800. The fourth-order valence-electron chi connectivity index (χ4n) is 2.22. The molecule has 0 fully saturated rings. The van der Waals surface area contributed by atoms with Crippen LogP contribution in [0.5, 0.6) is 0 Å². The molecule has 9 heteroatoms. The van der Waals surface area contributed by atoms with Crippen molar-refractivity contribution in [3.8, 4) is 11.5 Å². The van der Waals surface area contributed by atoms with E-state index >= 15 is 0 Å². The van der Waals surface area contributed by atoms with E-state index in [1.54, 1.807) is 41.5 Å². The zero-order valence-electron chi connectivity index (χ0n) is 24.0. The third-order valence-corrected chi connectivity index (χ3v) is 10.1. The van der Waals surface area contributed by atoms with Crippen LogP contribution in [-0.4, -0.2) is 51.7 Å². The molecule has 0 saturated heterocycles. The molecule has 0 bridgehead atoms. The first kappa shape index (κ1) is 32.4. The molecule has 1 unspecified atom stereocenters. The number of rotatable bonds is 5. The van der Waals surface area contributed by atoms with Gasteiger partial charge in [0.2, 0.25) is 0 Å². The molecular weight excluding hydrogens is 464 g/mol. The van der Waals surface area contributed by atoms with E-state index in [0.29, 0.717) is 6.42 Å². The standard InChI is InChI=1S/C25H48N2O5Si2/c1-23(2,3)30-21(28)26-20(27-22(29)31-24(4,5)6)16-15-19(17-18-33(10,11)12)32-34(13,14)25(7,8)9/h19H,15-16H2,1-14H3,(H,26,27,28,29). The molecule has 0 aromatic heterocycles. The Morgan fingerprint density at radius 2 is 1.38 bits per heavy atom. The Balaban J connectivity index is 5.87. The lowest BCUT2D eigenvalue weighted by Gasteiger charge is -2.38. The zero-order chi connectivity index (χ0) is 27.2. The van der Waals surface area contributed by atoms with Crippen molar-refractivity contribution in [2.45, 2.75) is 130 Å². The van der Waals surface area contributed by atoms with Crippen molar-refractivity contribution in [1.29, 1.82) is 0 Å². The first-order valence-electron chi connectivity index (χ1n) is 11.9. The van der Waals surface area contributed by atoms with Gasteiger partial charge in [0, 0.05) is 6.42 Å². The number of hydrogen-bond donors (Lipinski definition) is 1. The van der Waals surface area contributed by atoms with Crippen LogP contribution in [0, 0.1) is 11.5 Å². The Morgan fingerprint density at radius 1 is 0.882 bits per heavy atom. The Hall–Kier alpha value is -1.64. The van der Waals surface area contributed by atoms with E-state index in [4.69, 9.17) is 13.9 Å². The minimum atomic E-state index is -2.09. The molecule has 0 aromatic rings. The van der Waals surface area contributed by atoms with Crippen LogP contribution in [0.2, 0.25) is 37.8 Å². The molecule has 0 heterocycles. The monoisotopic (exact) mass is 512 g/mol. The molecule has 0 rings (SSSR count). The summed E-state index contributed by atoms with van der Waals surface area (Å²) in [7, 11) is -3.72. The average molecular weight is 513 g/mol. The number of alkyl carbamates (subject to hydrolysis) is 1. The number of amidine groups is 1. The highest BCUT2D eigenvalue weighted by Gasteiger charge is 2.39. The minimum absolute atomic E-state index is 0.0221. The van der Waals surface area contributed by atoms with Gasteiger partial charge in [-0.1, -0.05) is 46.3 Å². The number of amides is 2. The normalized spacial score (nSPS) is 14.6. The third kappa shape index (κ3) is 15.3. The molecule has 0 aromatic carbocycles. The number of nitrogens with one attached hydrogen (secondary N) is 1. The molecule has 1 atom stereocenters. The zero-order valence-corrected chi connectivity index (χ0v) is 26.0. The van der Waals surface area contributed by atoms with Crippen molar-refractivity contribution in [2.75, 3.05) is 0 Å². The molecule has 0 saturated carbocycles. The van der Waals surface area contributed by atoms with Crippen molar-refractivity contribution in [3.05, 3.63) is 0 Å². The third-order valence-electron chi connectivity index (χ3n) is 4.76. The van der Waals surface area contributed by atoms with Crippen LogP contribution in [0.3, 0.4) is 0 Å². The van der Waals surface area contributed by atoms with Gasteiger partial charge in [-0.3, -0.25) is 5.32 Å². The highest BCUT2D eigenvalue weighted by molar-refractivity contribution is 6.83. The van der Waals surface area contributed by atoms with Crippen LogP contribution in [0.4, 0.5) is 9.59 Å². The Labute approximate surface area is 209 Å². The van der Waals surface area contributed by atoms with Gasteiger partial charge in [-0.25, -0.2) is 9.59 Å². The maximum atomic E-state index is 12.4. The molecule has 1 N–H and O–H groups in total. The molecule has 0 radical (unpaired) electrons. The maximum absolute atomic E-state index is 12.4. The molecule has 7 nitrogen and oxygen atoms in total. The molecular formula is C25H48N2O5Si2. The molecule has 196 valence electrons. The van der Waals surface area contributed by atoms with Gasteiger partial charge in [-0.15, -0.1) is 5.54 Å². The van der Waals surface area contributed by atoms with Crippen molar-refractivity contribution in [2.24, 2.45) is 4.99 Å². The van der Waals surface area contributed by atoms with Crippen LogP contribution in [0.1, 0.15) is 75.2 Å². The van der Waals surface area contributed by atoms with E-state index in [1.165, 1.54) is 0 Å². The lowest BCUT2D eigenvalue weighted by atomic mass is 10.2. The van der Waals surface area contributed by atoms with Gasteiger partial charge >= 0.3 is 12.2 Å². The summed E-state index contributed by atoms with van der Waals surface area (Å²) in [4.78, 5) is 28.8. The van der Waals surface area contributed by atoms with E-state index in [2.05, 4.69) is 75.3 Å². The predicted molar refractivity (Wildman–Crippen MR) is 145 cm³/mol. The first-order valence-corrected chi connectivity index (χ1v) is 18.3. The minimum Gasteiger partial charge on any atom is -0.444 e. The number of carbonyl (C=O) groups is 2. The second-order valence-electron chi connectivity index (χ2n) is 13.1. The van der Waals surface area contributed by atoms with Gasteiger partial charge in [0.05, 0.1) is 0 Å². The highest BCUT2D eigenvalue weighted by atomic mass is 28.4. The molecule has 0 aliphatic heterocycles. The van der Waals surface area contributed by atoms with E-state index in [0.717, 1.165) is 0 Å². The SMILES string of the molecule is CC(C)(C)OC(=O)N=C(CCC(C#C[Si](C)(C)C)O[Si](C)(C)C(C)(C)C)NC(=O)OC(C)(C)C. The van der Waals surface area contributed by atoms with Gasteiger partial charge in [0.15, 0.2) is 8.32 Å². The van der Waals surface area contributed by atoms with Crippen molar-refractivity contribution >= 4 is 34.4 Å². The predicted octanol–water partition coefficient (Wildman–Crippen LogP) is 6.90. The van der Waals surface area contributed by atoms with Crippen molar-refractivity contribution < 1.29 is 23.5 Å². The van der Waals surface area contributed by atoms with E-state index < -0.39 is 39.8 Å². The van der Waals surface area contributed by atoms with Gasteiger partial charge in [0.1, 0.15) is 31.2 Å². The van der Waals surface area contributed by atoms with Crippen molar-refractivity contribution in [1.82, 2.24) is 5.32 Å². The van der Waals surface area contributed by atoms with Crippen LogP contribution in [-0.2, 0) is 13.9 Å². The van der Waals surface area contributed by atoms with Gasteiger partial charge in [-0.2, -0.15) is 4.99 Å². The maximum Gasteiger partial charge on any atom is 0.435 e. The highest BCUT2D eigenvalue weighted by Crippen LogP contribution is 2.37. The van der Waals surface area contributed by atoms with Gasteiger partial charge in [0.25, 0.3) is 0 Å². The summed E-state index contributed by atoms with van der Waals surface area (Å²) in [6, 6.07) is 0. The van der Waals surface area contributed by atoms with Gasteiger partial charge in [-0.05, 0) is 66.1 Å². The lowest BCUT2D eigenvalue weighted by molar-refractivity contribution is 0.0560. The van der Waals surface area contributed by atoms with E-state index in [9.17, 15) is 9.59 Å². The number of carbonyl (C=O) groups excluding carboxylic acids is 2. The summed E-state index contributed by atoms with van der Waals surface area (Å²) < 4.78 is 17.2. The summed E-state index contributed by atoms with van der Waals surface area (Å²) in [5.74, 6) is 3.50. The molecule has 2 amide bonds. The van der Waals surface area contributed by atoms with Crippen molar-refractivity contribution in [3.63, 3.8) is 0 Å². The quantitative estimate of drug-likeness (QED) is 0.187. The van der Waals surface area contributed by atoms with E-state index in [1.807, 2.05) is 0 Å². The number of nitrogens with zero attached hydrogens (tertiary/aromatic N) is 1. The Kier molecular flexibility index (Phi) is 11.3.